The Bertz CT molecular complexity index is 424. The van der Waals surface area contributed by atoms with E-state index in [4.69, 9.17) is 16.9 Å². The number of nitriles is 1. The van der Waals surface area contributed by atoms with Crippen LogP contribution in [0.25, 0.3) is 0 Å². The van der Waals surface area contributed by atoms with Crippen molar-refractivity contribution in [3.05, 3.63) is 29.3 Å². The lowest BCUT2D eigenvalue weighted by atomic mass is 10.0. The van der Waals surface area contributed by atoms with E-state index in [0.29, 0.717) is 12.6 Å². The van der Waals surface area contributed by atoms with Crippen LogP contribution in [0.3, 0.4) is 0 Å². The van der Waals surface area contributed by atoms with E-state index in [0.717, 1.165) is 18.1 Å². The maximum absolute atomic E-state index is 8.76. The molecule has 1 aromatic rings. The van der Waals surface area contributed by atoms with E-state index in [2.05, 4.69) is 28.0 Å². The van der Waals surface area contributed by atoms with Crippen LogP contribution in [0, 0.1) is 11.3 Å². The van der Waals surface area contributed by atoms with Gasteiger partial charge in [0, 0.05) is 29.8 Å². The minimum absolute atomic E-state index is 0.467. The van der Waals surface area contributed by atoms with Crippen LogP contribution in [-0.4, -0.2) is 37.6 Å². The Balaban J connectivity index is 2.02. The molecule has 1 aliphatic heterocycles. The lowest BCUT2D eigenvalue weighted by Crippen LogP contribution is -2.46. The van der Waals surface area contributed by atoms with Crippen LogP contribution in [0.5, 0.6) is 0 Å². The van der Waals surface area contributed by atoms with Crippen LogP contribution in [0.15, 0.2) is 24.3 Å². The van der Waals surface area contributed by atoms with Gasteiger partial charge in [0.25, 0.3) is 0 Å². The number of halogens is 1. The topological polar surface area (TPSA) is 30.3 Å². The summed E-state index contributed by atoms with van der Waals surface area (Å²) in [6, 6.07) is 10.7. The van der Waals surface area contributed by atoms with Crippen molar-refractivity contribution >= 4 is 17.3 Å². The van der Waals surface area contributed by atoms with Gasteiger partial charge in [0.05, 0.1) is 12.6 Å². The lowest BCUT2D eigenvalue weighted by molar-refractivity contribution is 0.238. The number of hydrogen-bond acceptors (Lipinski definition) is 3. The predicted molar refractivity (Wildman–Crippen MR) is 74.9 cm³/mol. The molecule has 0 saturated carbocycles. The van der Waals surface area contributed by atoms with Gasteiger partial charge in [-0.1, -0.05) is 11.6 Å². The number of benzene rings is 1. The highest BCUT2D eigenvalue weighted by Gasteiger charge is 2.23. The van der Waals surface area contributed by atoms with E-state index < -0.39 is 0 Å². The summed E-state index contributed by atoms with van der Waals surface area (Å²) >= 11 is 5.91. The van der Waals surface area contributed by atoms with Gasteiger partial charge >= 0.3 is 0 Å². The second kappa shape index (κ2) is 6.08. The van der Waals surface area contributed by atoms with Crippen molar-refractivity contribution in [1.82, 2.24) is 4.90 Å². The van der Waals surface area contributed by atoms with Crippen molar-refractivity contribution in [2.24, 2.45) is 0 Å². The summed E-state index contributed by atoms with van der Waals surface area (Å²) in [6.45, 7) is 2.57. The fourth-order valence-electron chi connectivity index (χ4n) is 2.44. The van der Waals surface area contributed by atoms with Crippen LogP contribution >= 0.6 is 11.6 Å². The van der Waals surface area contributed by atoms with Gasteiger partial charge in [-0.25, -0.2) is 0 Å². The van der Waals surface area contributed by atoms with Gasteiger partial charge in [0.2, 0.25) is 0 Å². The highest BCUT2D eigenvalue weighted by atomic mass is 35.5. The minimum atomic E-state index is 0.467. The second-order valence-electron chi connectivity index (χ2n) is 4.79. The quantitative estimate of drug-likeness (QED) is 0.786. The fourth-order valence-corrected chi connectivity index (χ4v) is 2.57. The SMILES string of the molecule is CN(CC#N)C1CCCN(c2ccc(Cl)cc2)C1. The Morgan fingerprint density at radius 2 is 2.17 bits per heavy atom. The lowest BCUT2D eigenvalue weighted by Gasteiger charge is -2.38. The molecular formula is C14H18ClN3. The van der Waals surface area contributed by atoms with Crippen molar-refractivity contribution in [3.63, 3.8) is 0 Å². The van der Waals surface area contributed by atoms with Gasteiger partial charge in [-0.05, 0) is 44.2 Å². The molecule has 4 heteroatoms. The molecule has 96 valence electrons. The van der Waals surface area contributed by atoms with Crippen LogP contribution in [0.1, 0.15) is 12.8 Å². The molecule has 0 bridgehead atoms. The molecule has 0 amide bonds. The number of likely N-dealkylation sites (N-methyl/N-ethyl adjacent to an activating group) is 1. The zero-order chi connectivity index (χ0) is 13.0. The highest BCUT2D eigenvalue weighted by molar-refractivity contribution is 6.30. The summed E-state index contributed by atoms with van der Waals surface area (Å²) in [5, 5.41) is 9.53. The number of anilines is 1. The first-order valence-corrected chi connectivity index (χ1v) is 6.66. The molecule has 1 aromatic carbocycles. The first kappa shape index (κ1) is 13.2. The van der Waals surface area contributed by atoms with Gasteiger partial charge in [-0.15, -0.1) is 0 Å². The molecule has 1 unspecified atom stereocenters. The summed E-state index contributed by atoms with van der Waals surface area (Å²) in [5.74, 6) is 0. The summed E-state index contributed by atoms with van der Waals surface area (Å²) in [5.41, 5.74) is 1.22. The molecule has 2 rings (SSSR count). The second-order valence-corrected chi connectivity index (χ2v) is 5.23. The number of hydrogen-bond donors (Lipinski definition) is 0. The molecule has 0 radical (unpaired) electrons. The molecule has 0 spiro atoms. The van der Waals surface area contributed by atoms with Gasteiger partial charge in [0.15, 0.2) is 0 Å². The zero-order valence-corrected chi connectivity index (χ0v) is 11.4. The molecule has 0 aliphatic carbocycles. The van der Waals surface area contributed by atoms with Crippen molar-refractivity contribution in [2.45, 2.75) is 18.9 Å². The van der Waals surface area contributed by atoms with E-state index in [1.807, 2.05) is 19.2 Å². The van der Waals surface area contributed by atoms with Crippen LogP contribution in [-0.2, 0) is 0 Å². The molecule has 1 fully saturated rings. The van der Waals surface area contributed by atoms with E-state index in [1.54, 1.807) is 0 Å². The van der Waals surface area contributed by atoms with Gasteiger partial charge in [-0.3, -0.25) is 4.90 Å². The average molecular weight is 264 g/mol. The Kier molecular flexibility index (Phi) is 4.46. The van der Waals surface area contributed by atoms with Gasteiger partial charge in [-0.2, -0.15) is 5.26 Å². The summed E-state index contributed by atoms with van der Waals surface area (Å²) < 4.78 is 0. The normalized spacial score (nSPS) is 19.9. The van der Waals surface area contributed by atoms with Crippen LogP contribution < -0.4 is 4.90 Å². The molecule has 1 heterocycles. The van der Waals surface area contributed by atoms with E-state index in [1.165, 1.54) is 18.5 Å². The minimum Gasteiger partial charge on any atom is -0.370 e. The summed E-state index contributed by atoms with van der Waals surface area (Å²) in [4.78, 5) is 4.51. The summed E-state index contributed by atoms with van der Waals surface area (Å²) in [7, 11) is 2.03. The zero-order valence-electron chi connectivity index (χ0n) is 10.6. The third kappa shape index (κ3) is 3.16. The third-order valence-electron chi connectivity index (χ3n) is 3.53. The van der Waals surface area contributed by atoms with Crippen molar-refractivity contribution in [1.29, 1.82) is 5.26 Å². The Hall–Kier alpha value is -1.24. The molecule has 1 aliphatic rings. The van der Waals surface area contributed by atoms with Crippen LogP contribution in [0.4, 0.5) is 5.69 Å². The van der Waals surface area contributed by atoms with E-state index in [9.17, 15) is 0 Å². The standard InChI is InChI=1S/C14H18ClN3/c1-17(10-8-16)14-3-2-9-18(11-14)13-6-4-12(15)5-7-13/h4-7,14H,2-3,9-11H2,1H3. The van der Waals surface area contributed by atoms with Gasteiger partial charge in [0.1, 0.15) is 0 Å². The first-order chi connectivity index (χ1) is 8.70. The summed E-state index contributed by atoms with van der Waals surface area (Å²) in [6.07, 6.45) is 2.34. The average Bonchev–Trinajstić information content (AvgIpc) is 2.40. The Morgan fingerprint density at radius 1 is 1.44 bits per heavy atom. The molecule has 1 atom stereocenters. The molecule has 0 aromatic heterocycles. The van der Waals surface area contributed by atoms with Gasteiger partial charge < -0.3 is 4.90 Å². The number of nitrogens with zero attached hydrogens (tertiary/aromatic N) is 3. The van der Waals surface area contributed by atoms with Crippen molar-refractivity contribution in [2.75, 3.05) is 31.6 Å². The molecule has 1 saturated heterocycles. The largest absolute Gasteiger partial charge is 0.370 e. The molecular weight excluding hydrogens is 246 g/mol. The monoisotopic (exact) mass is 263 g/mol. The molecule has 3 nitrogen and oxygen atoms in total. The van der Waals surface area contributed by atoms with Crippen LogP contribution in [0.2, 0.25) is 5.02 Å². The van der Waals surface area contributed by atoms with E-state index in [-0.39, 0.29) is 0 Å². The smallest absolute Gasteiger partial charge is 0.0866 e. The fraction of sp³-hybridized carbons (Fsp3) is 0.500. The maximum atomic E-state index is 8.76. The maximum Gasteiger partial charge on any atom is 0.0866 e. The Morgan fingerprint density at radius 3 is 2.83 bits per heavy atom. The first-order valence-electron chi connectivity index (χ1n) is 6.28. The van der Waals surface area contributed by atoms with Crippen molar-refractivity contribution in [3.8, 4) is 6.07 Å². The molecule has 0 N–H and O–H groups in total. The van der Waals surface area contributed by atoms with Crippen molar-refractivity contribution < 1.29 is 0 Å². The Labute approximate surface area is 114 Å². The number of piperidine rings is 1. The van der Waals surface area contributed by atoms with E-state index >= 15 is 0 Å². The highest BCUT2D eigenvalue weighted by Crippen LogP contribution is 2.23. The molecule has 18 heavy (non-hydrogen) atoms. The number of rotatable bonds is 3. The predicted octanol–water partition coefficient (Wildman–Crippen LogP) is 2.76. The third-order valence-corrected chi connectivity index (χ3v) is 3.78.